The highest BCUT2D eigenvalue weighted by Crippen LogP contribution is 2.15. The van der Waals surface area contributed by atoms with Crippen LogP contribution in [0.5, 0.6) is 0 Å². The zero-order valence-corrected chi connectivity index (χ0v) is 11.9. The number of nitrogens with two attached hydrogens (primary N) is 1. The highest BCUT2D eigenvalue weighted by atomic mass is 14.8. The van der Waals surface area contributed by atoms with Crippen LogP contribution in [0.15, 0.2) is 66.2 Å². The second kappa shape index (κ2) is 6.97. The summed E-state index contributed by atoms with van der Waals surface area (Å²) in [5.74, 6) is 6.00. The standard InChI is InChI=1S/C18H17N3/c1-21-17(15-10-6-3-7-11-15)16(18(19)20)13-12-14-8-4-2-5-9-14/h2-11,21H,1H3,(H3,19,20)/b17-16-. The molecule has 0 unspecified atom stereocenters. The fourth-order valence-electron chi connectivity index (χ4n) is 1.94. The van der Waals surface area contributed by atoms with E-state index < -0.39 is 0 Å². The van der Waals surface area contributed by atoms with Crippen LogP contribution in [0.25, 0.3) is 5.70 Å². The molecule has 0 heterocycles. The molecular formula is C18H17N3. The Hall–Kier alpha value is -2.99. The molecule has 0 aliphatic heterocycles. The molecule has 2 rings (SSSR count). The molecule has 0 amide bonds. The molecule has 0 fully saturated rings. The van der Waals surface area contributed by atoms with Gasteiger partial charge in [0, 0.05) is 12.6 Å². The van der Waals surface area contributed by atoms with Crippen molar-refractivity contribution >= 4 is 11.5 Å². The first kappa shape index (κ1) is 14.4. The molecule has 2 aromatic rings. The monoisotopic (exact) mass is 275 g/mol. The Bertz CT molecular complexity index is 704. The average molecular weight is 275 g/mol. The lowest BCUT2D eigenvalue weighted by molar-refractivity contribution is 1.12. The number of rotatable bonds is 3. The van der Waals surface area contributed by atoms with E-state index in [1.165, 1.54) is 0 Å². The van der Waals surface area contributed by atoms with Gasteiger partial charge in [-0.3, -0.25) is 5.41 Å². The van der Waals surface area contributed by atoms with Crippen molar-refractivity contribution in [2.75, 3.05) is 7.05 Å². The van der Waals surface area contributed by atoms with Gasteiger partial charge in [0.25, 0.3) is 0 Å². The molecule has 21 heavy (non-hydrogen) atoms. The lowest BCUT2D eigenvalue weighted by Crippen LogP contribution is -2.18. The van der Waals surface area contributed by atoms with Crippen LogP contribution in [0.2, 0.25) is 0 Å². The van der Waals surface area contributed by atoms with E-state index in [1.807, 2.05) is 60.7 Å². The molecule has 104 valence electrons. The topological polar surface area (TPSA) is 61.9 Å². The molecule has 4 N–H and O–H groups in total. The number of hydrogen-bond donors (Lipinski definition) is 3. The first-order chi connectivity index (χ1) is 10.2. The molecule has 3 heteroatoms. The first-order valence-corrected chi connectivity index (χ1v) is 6.61. The van der Waals surface area contributed by atoms with Gasteiger partial charge in [0.05, 0.1) is 11.3 Å². The largest absolute Gasteiger partial charge is 0.387 e. The van der Waals surface area contributed by atoms with E-state index in [0.29, 0.717) is 5.57 Å². The third kappa shape index (κ3) is 3.74. The Balaban J connectivity index is 2.49. The van der Waals surface area contributed by atoms with Crippen LogP contribution in [0.4, 0.5) is 0 Å². The second-order valence-corrected chi connectivity index (χ2v) is 4.40. The highest BCUT2D eigenvalue weighted by Gasteiger charge is 2.08. The van der Waals surface area contributed by atoms with Gasteiger partial charge in [0.1, 0.15) is 5.84 Å². The Labute approximate surface area is 125 Å². The van der Waals surface area contributed by atoms with Gasteiger partial charge in [-0.15, -0.1) is 0 Å². The summed E-state index contributed by atoms with van der Waals surface area (Å²) in [6, 6.07) is 19.4. The molecule has 0 aliphatic carbocycles. The molecule has 2 aromatic carbocycles. The van der Waals surface area contributed by atoms with E-state index in [-0.39, 0.29) is 5.84 Å². The van der Waals surface area contributed by atoms with E-state index in [4.69, 9.17) is 11.1 Å². The second-order valence-electron chi connectivity index (χ2n) is 4.40. The smallest absolute Gasteiger partial charge is 0.133 e. The normalized spacial score (nSPS) is 10.9. The summed E-state index contributed by atoms with van der Waals surface area (Å²) < 4.78 is 0. The van der Waals surface area contributed by atoms with Gasteiger partial charge < -0.3 is 11.1 Å². The summed E-state index contributed by atoms with van der Waals surface area (Å²) in [5.41, 5.74) is 8.79. The van der Waals surface area contributed by atoms with Crippen molar-refractivity contribution in [3.63, 3.8) is 0 Å². The Morgan fingerprint density at radius 2 is 1.57 bits per heavy atom. The summed E-state index contributed by atoms with van der Waals surface area (Å²) in [5, 5.41) is 10.9. The maximum Gasteiger partial charge on any atom is 0.133 e. The van der Waals surface area contributed by atoms with Crippen molar-refractivity contribution in [3.05, 3.63) is 77.4 Å². The summed E-state index contributed by atoms with van der Waals surface area (Å²) in [6.07, 6.45) is 0. The SMILES string of the molecule is CN/C(=C(/C#Cc1ccccc1)C(=N)N)c1ccccc1. The van der Waals surface area contributed by atoms with Crippen LogP contribution in [0.3, 0.4) is 0 Å². The van der Waals surface area contributed by atoms with Gasteiger partial charge in [0.15, 0.2) is 0 Å². The predicted octanol–water partition coefficient (Wildman–Crippen LogP) is 2.60. The van der Waals surface area contributed by atoms with Crippen molar-refractivity contribution in [2.24, 2.45) is 5.73 Å². The Morgan fingerprint density at radius 3 is 2.10 bits per heavy atom. The van der Waals surface area contributed by atoms with Crippen LogP contribution in [0.1, 0.15) is 11.1 Å². The van der Waals surface area contributed by atoms with Crippen LogP contribution in [-0.2, 0) is 0 Å². The Kier molecular flexibility index (Phi) is 4.79. The summed E-state index contributed by atoms with van der Waals surface area (Å²) in [4.78, 5) is 0. The summed E-state index contributed by atoms with van der Waals surface area (Å²) in [7, 11) is 1.80. The van der Waals surface area contributed by atoms with Crippen LogP contribution in [-0.4, -0.2) is 12.9 Å². The van der Waals surface area contributed by atoms with Crippen molar-refractivity contribution in [1.82, 2.24) is 5.32 Å². The fraction of sp³-hybridized carbons (Fsp3) is 0.0556. The van der Waals surface area contributed by atoms with Gasteiger partial charge in [-0.25, -0.2) is 0 Å². The molecule has 0 aromatic heterocycles. The van der Waals surface area contributed by atoms with E-state index in [2.05, 4.69) is 17.2 Å². The maximum atomic E-state index is 7.78. The molecular weight excluding hydrogens is 258 g/mol. The third-order valence-corrected chi connectivity index (χ3v) is 2.94. The van der Waals surface area contributed by atoms with E-state index in [9.17, 15) is 0 Å². The van der Waals surface area contributed by atoms with Gasteiger partial charge in [0.2, 0.25) is 0 Å². The molecule has 0 aliphatic rings. The zero-order chi connectivity index (χ0) is 15.1. The zero-order valence-electron chi connectivity index (χ0n) is 11.9. The lowest BCUT2D eigenvalue weighted by Gasteiger charge is -2.10. The number of hydrogen-bond acceptors (Lipinski definition) is 2. The predicted molar refractivity (Wildman–Crippen MR) is 87.7 cm³/mol. The molecule has 3 nitrogen and oxygen atoms in total. The minimum atomic E-state index is -0.0494. The quantitative estimate of drug-likeness (QED) is 0.458. The summed E-state index contributed by atoms with van der Waals surface area (Å²) in [6.45, 7) is 0. The van der Waals surface area contributed by atoms with Crippen LogP contribution in [0, 0.1) is 17.3 Å². The van der Waals surface area contributed by atoms with E-state index in [1.54, 1.807) is 7.05 Å². The molecule has 0 saturated carbocycles. The van der Waals surface area contributed by atoms with Crippen molar-refractivity contribution in [1.29, 1.82) is 5.41 Å². The molecule has 0 atom stereocenters. The minimum Gasteiger partial charge on any atom is -0.387 e. The Morgan fingerprint density at radius 1 is 1.00 bits per heavy atom. The molecule has 0 bridgehead atoms. The number of nitrogens with one attached hydrogen (secondary N) is 2. The third-order valence-electron chi connectivity index (χ3n) is 2.94. The minimum absolute atomic E-state index is 0.0494. The summed E-state index contributed by atoms with van der Waals surface area (Å²) >= 11 is 0. The van der Waals surface area contributed by atoms with Crippen LogP contribution < -0.4 is 11.1 Å². The van der Waals surface area contributed by atoms with Gasteiger partial charge >= 0.3 is 0 Å². The van der Waals surface area contributed by atoms with Gasteiger partial charge in [-0.1, -0.05) is 60.4 Å². The average Bonchev–Trinajstić information content (AvgIpc) is 2.53. The lowest BCUT2D eigenvalue weighted by atomic mass is 10.1. The maximum absolute atomic E-state index is 7.78. The van der Waals surface area contributed by atoms with E-state index >= 15 is 0 Å². The van der Waals surface area contributed by atoms with Crippen LogP contribution >= 0.6 is 0 Å². The van der Waals surface area contributed by atoms with E-state index in [0.717, 1.165) is 16.8 Å². The highest BCUT2D eigenvalue weighted by molar-refractivity contribution is 6.05. The van der Waals surface area contributed by atoms with Crippen molar-refractivity contribution in [3.8, 4) is 11.8 Å². The molecule has 0 saturated heterocycles. The molecule has 0 spiro atoms. The number of amidine groups is 1. The number of benzene rings is 2. The van der Waals surface area contributed by atoms with Gasteiger partial charge in [-0.05, 0) is 17.7 Å². The van der Waals surface area contributed by atoms with Gasteiger partial charge in [-0.2, -0.15) is 0 Å². The first-order valence-electron chi connectivity index (χ1n) is 6.61. The fourth-order valence-corrected chi connectivity index (χ4v) is 1.94. The molecule has 0 radical (unpaired) electrons. The van der Waals surface area contributed by atoms with Crippen molar-refractivity contribution < 1.29 is 0 Å². The van der Waals surface area contributed by atoms with Crippen molar-refractivity contribution in [2.45, 2.75) is 0 Å².